The fourth-order valence-electron chi connectivity index (χ4n) is 5.20. The molecular weight excluding hydrogens is 567 g/mol. The second-order valence-electron chi connectivity index (χ2n) is 12.2. The molecule has 1 unspecified atom stereocenters. The first kappa shape index (κ1) is 42.0. The van der Waals surface area contributed by atoms with E-state index in [-0.39, 0.29) is 19.4 Å². The molecule has 0 aromatic heterocycles. The Bertz CT molecular complexity index is 681. The van der Waals surface area contributed by atoms with Crippen LogP contribution in [0.5, 0.6) is 0 Å². The summed E-state index contributed by atoms with van der Waals surface area (Å²) in [6.07, 6.45) is 29.6. The van der Waals surface area contributed by atoms with Gasteiger partial charge in [-0.1, -0.05) is 162 Å². The van der Waals surface area contributed by atoms with Gasteiger partial charge in [-0.15, -0.1) is 0 Å². The van der Waals surface area contributed by atoms with E-state index in [4.69, 9.17) is 19.3 Å². The van der Waals surface area contributed by atoms with Gasteiger partial charge in [0.25, 0.3) is 0 Å². The highest BCUT2D eigenvalue weighted by molar-refractivity contribution is 7.46. The predicted octanol–water partition coefficient (Wildman–Crippen LogP) is 10.1. The number of phosphoric acid groups is 1. The largest absolute Gasteiger partial charge is 0.469 e. The van der Waals surface area contributed by atoms with Gasteiger partial charge >= 0.3 is 19.8 Å². The molecule has 0 aromatic carbocycles. The van der Waals surface area contributed by atoms with Gasteiger partial charge in [0.1, 0.15) is 6.61 Å². The van der Waals surface area contributed by atoms with E-state index in [1.54, 1.807) is 0 Å². The lowest BCUT2D eigenvalue weighted by Gasteiger charge is -2.18. The van der Waals surface area contributed by atoms with Crippen molar-refractivity contribution in [1.29, 1.82) is 0 Å². The van der Waals surface area contributed by atoms with E-state index in [2.05, 4.69) is 18.4 Å². The van der Waals surface area contributed by atoms with Crippen molar-refractivity contribution in [3.63, 3.8) is 0 Å². The highest BCUT2D eigenvalue weighted by atomic mass is 31.2. The van der Waals surface area contributed by atoms with Crippen LogP contribution in [0.25, 0.3) is 0 Å². The minimum atomic E-state index is -4.74. The van der Waals surface area contributed by atoms with E-state index in [1.165, 1.54) is 122 Å². The Balaban J connectivity index is 3.95. The number of esters is 2. The van der Waals surface area contributed by atoms with Gasteiger partial charge in [-0.25, -0.2) is 4.57 Å². The van der Waals surface area contributed by atoms with Crippen LogP contribution in [-0.4, -0.2) is 41.0 Å². The Labute approximate surface area is 264 Å². The molecule has 9 heteroatoms. The lowest BCUT2D eigenvalue weighted by atomic mass is 10.0. The van der Waals surface area contributed by atoms with E-state index in [0.717, 1.165) is 32.1 Å². The van der Waals surface area contributed by atoms with Crippen molar-refractivity contribution in [1.82, 2.24) is 0 Å². The summed E-state index contributed by atoms with van der Waals surface area (Å²) in [5.41, 5.74) is 0. The van der Waals surface area contributed by atoms with E-state index in [0.29, 0.717) is 6.42 Å². The Morgan fingerprint density at radius 2 is 0.837 bits per heavy atom. The molecule has 0 bridgehead atoms. The maximum Gasteiger partial charge on any atom is 0.469 e. The van der Waals surface area contributed by atoms with E-state index >= 15 is 0 Å². The van der Waals surface area contributed by atoms with Crippen LogP contribution >= 0.6 is 7.82 Å². The summed E-state index contributed by atoms with van der Waals surface area (Å²) in [5.74, 6) is -0.875. The number of carbonyl (C=O) groups excluding carboxylic acids is 2. The number of hydrogen-bond acceptors (Lipinski definition) is 6. The summed E-state index contributed by atoms with van der Waals surface area (Å²) < 4.78 is 26.2. The van der Waals surface area contributed by atoms with Crippen molar-refractivity contribution in [2.75, 3.05) is 13.2 Å². The molecular formula is C34H67O8P. The molecule has 0 radical (unpaired) electrons. The quantitative estimate of drug-likeness (QED) is 0.0416. The third-order valence-electron chi connectivity index (χ3n) is 7.88. The maximum atomic E-state index is 12.3. The summed E-state index contributed by atoms with van der Waals surface area (Å²) >= 11 is 0. The molecule has 0 saturated carbocycles. The average molecular weight is 635 g/mol. The number of unbranched alkanes of at least 4 members (excludes halogenated alkanes) is 23. The molecule has 43 heavy (non-hydrogen) atoms. The van der Waals surface area contributed by atoms with Crippen molar-refractivity contribution < 1.29 is 37.9 Å². The summed E-state index contributed by atoms with van der Waals surface area (Å²) in [6, 6.07) is 0. The highest BCUT2D eigenvalue weighted by Crippen LogP contribution is 2.36. The van der Waals surface area contributed by atoms with Gasteiger partial charge < -0.3 is 19.3 Å². The van der Waals surface area contributed by atoms with Gasteiger partial charge in [0, 0.05) is 12.8 Å². The Kier molecular flexibility index (Phi) is 30.4. The molecule has 0 amide bonds. The average Bonchev–Trinajstić information content (AvgIpc) is 2.97. The van der Waals surface area contributed by atoms with Crippen LogP contribution in [-0.2, 0) is 28.2 Å². The molecule has 0 fully saturated rings. The zero-order valence-corrected chi connectivity index (χ0v) is 28.8. The number of phosphoric ester groups is 1. The summed E-state index contributed by atoms with van der Waals surface area (Å²) in [7, 11) is -4.74. The molecule has 256 valence electrons. The molecule has 0 aliphatic rings. The van der Waals surface area contributed by atoms with E-state index in [1.807, 2.05) is 0 Å². The van der Waals surface area contributed by atoms with E-state index in [9.17, 15) is 14.2 Å². The lowest BCUT2D eigenvalue weighted by molar-refractivity contribution is -0.161. The van der Waals surface area contributed by atoms with Crippen LogP contribution < -0.4 is 0 Å². The van der Waals surface area contributed by atoms with E-state index < -0.39 is 32.5 Å². The van der Waals surface area contributed by atoms with Gasteiger partial charge in [0.2, 0.25) is 0 Å². The Hall–Kier alpha value is -0.950. The molecule has 0 aromatic rings. The molecule has 0 rings (SSSR count). The van der Waals surface area contributed by atoms with Crippen LogP contribution in [0.3, 0.4) is 0 Å². The zero-order chi connectivity index (χ0) is 31.9. The van der Waals surface area contributed by atoms with Gasteiger partial charge in [0.05, 0.1) is 6.61 Å². The van der Waals surface area contributed by atoms with Gasteiger partial charge in [-0.3, -0.25) is 14.1 Å². The molecule has 0 saturated heterocycles. The van der Waals surface area contributed by atoms with Gasteiger partial charge in [0.15, 0.2) is 6.10 Å². The highest BCUT2D eigenvalue weighted by Gasteiger charge is 2.22. The SMILES string of the molecule is CCCCCCCCCCCCCCCCC(=O)OC(COC(=O)CCCCCCCCCCCCC)COP(=O)(O)O. The summed E-state index contributed by atoms with van der Waals surface area (Å²) in [6.45, 7) is 3.67. The lowest BCUT2D eigenvalue weighted by Crippen LogP contribution is -2.29. The van der Waals surface area contributed by atoms with Crippen molar-refractivity contribution >= 4 is 19.8 Å². The van der Waals surface area contributed by atoms with Crippen molar-refractivity contribution in [2.45, 2.75) is 193 Å². The summed E-state index contributed by atoms with van der Waals surface area (Å²) in [5, 5.41) is 0. The van der Waals surface area contributed by atoms with Crippen molar-refractivity contribution in [3.8, 4) is 0 Å². The molecule has 0 heterocycles. The summed E-state index contributed by atoms with van der Waals surface area (Å²) in [4.78, 5) is 42.5. The van der Waals surface area contributed by atoms with Crippen LogP contribution in [0.1, 0.15) is 187 Å². The van der Waals surface area contributed by atoms with Crippen LogP contribution in [0.2, 0.25) is 0 Å². The third kappa shape index (κ3) is 33.8. The van der Waals surface area contributed by atoms with Crippen LogP contribution in [0.15, 0.2) is 0 Å². The second-order valence-corrected chi connectivity index (χ2v) is 13.5. The topological polar surface area (TPSA) is 119 Å². The second kappa shape index (κ2) is 31.0. The first-order valence-electron chi connectivity index (χ1n) is 17.8. The fraction of sp³-hybridized carbons (Fsp3) is 0.941. The maximum absolute atomic E-state index is 12.3. The minimum absolute atomic E-state index is 0.219. The smallest absolute Gasteiger partial charge is 0.462 e. The zero-order valence-electron chi connectivity index (χ0n) is 27.9. The molecule has 0 aliphatic heterocycles. The van der Waals surface area contributed by atoms with Crippen molar-refractivity contribution in [2.24, 2.45) is 0 Å². The first-order valence-corrected chi connectivity index (χ1v) is 19.4. The van der Waals surface area contributed by atoms with Crippen LogP contribution in [0.4, 0.5) is 0 Å². The predicted molar refractivity (Wildman–Crippen MR) is 175 cm³/mol. The standard InChI is InChI=1S/C34H67O8P/c1-3-5-7-9-11-13-15-16-17-19-21-23-25-27-29-34(36)42-32(31-41-43(37,38)39)30-40-33(35)28-26-24-22-20-18-14-12-10-8-6-4-2/h32H,3-31H2,1-2H3,(H2,37,38,39). The monoisotopic (exact) mass is 634 g/mol. The Morgan fingerprint density at radius 3 is 1.19 bits per heavy atom. The molecule has 2 N–H and O–H groups in total. The Morgan fingerprint density at radius 1 is 0.512 bits per heavy atom. The number of hydrogen-bond donors (Lipinski definition) is 2. The number of carbonyl (C=O) groups is 2. The first-order chi connectivity index (χ1) is 20.8. The molecule has 0 aliphatic carbocycles. The van der Waals surface area contributed by atoms with Crippen molar-refractivity contribution in [3.05, 3.63) is 0 Å². The number of ether oxygens (including phenoxy) is 2. The van der Waals surface area contributed by atoms with Crippen LogP contribution in [0, 0.1) is 0 Å². The third-order valence-corrected chi connectivity index (χ3v) is 8.36. The molecule has 1 atom stereocenters. The minimum Gasteiger partial charge on any atom is -0.462 e. The number of rotatable bonds is 33. The van der Waals surface area contributed by atoms with Gasteiger partial charge in [-0.2, -0.15) is 0 Å². The fourth-order valence-corrected chi connectivity index (χ4v) is 5.56. The molecule has 0 spiro atoms. The normalized spacial score (nSPS) is 12.4. The molecule has 8 nitrogen and oxygen atoms in total. The van der Waals surface area contributed by atoms with Gasteiger partial charge in [-0.05, 0) is 12.8 Å².